The maximum atomic E-state index is 5.26. The normalized spacial score (nSPS) is 20.4. The van der Waals surface area contributed by atoms with Crippen LogP contribution in [0.25, 0.3) is 0 Å². The molecule has 2 nitrogen and oxygen atoms in total. The summed E-state index contributed by atoms with van der Waals surface area (Å²) in [6.07, 6.45) is 4.45. The predicted octanol–water partition coefficient (Wildman–Crippen LogP) is 1.88. The van der Waals surface area contributed by atoms with Gasteiger partial charge in [-0.25, -0.2) is 0 Å². The fourth-order valence-electron chi connectivity index (χ4n) is 1.06. The molecule has 1 rings (SSSR count). The van der Waals surface area contributed by atoms with Gasteiger partial charge in [-0.15, -0.1) is 0 Å². The maximum Gasteiger partial charge on any atom is 0.0642 e. The maximum absolute atomic E-state index is 5.26. The van der Waals surface area contributed by atoms with E-state index in [1.165, 1.54) is 0 Å². The van der Waals surface area contributed by atoms with E-state index >= 15 is 0 Å². The van der Waals surface area contributed by atoms with Crippen molar-refractivity contribution in [3.8, 4) is 0 Å². The molecule has 1 fully saturated rings. The Morgan fingerprint density at radius 2 is 1.75 bits per heavy atom. The number of hydrogen-bond donors (Lipinski definition) is 0. The highest BCUT2D eigenvalue weighted by Gasteiger charge is 2.08. The van der Waals surface area contributed by atoms with E-state index in [0.29, 0.717) is 0 Å². The molecule has 0 aliphatic carbocycles. The van der Waals surface area contributed by atoms with Crippen molar-refractivity contribution in [2.24, 2.45) is 5.41 Å². The molecule has 12 heavy (non-hydrogen) atoms. The number of ether oxygens (including phenoxy) is 1. The first-order valence-electron chi connectivity index (χ1n) is 4.59. The van der Waals surface area contributed by atoms with Gasteiger partial charge in [0.25, 0.3) is 0 Å². The minimum absolute atomic E-state index is 0.290. The molecule has 2 heteroatoms. The van der Waals surface area contributed by atoms with Crippen molar-refractivity contribution >= 4 is 0 Å². The summed E-state index contributed by atoms with van der Waals surface area (Å²) in [5.74, 6) is 0. The minimum atomic E-state index is 0.290. The van der Waals surface area contributed by atoms with E-state index in [1.54, 1.807) is 0 Å². The summed E-state index contributed by atoms with van der Waals surface area (Å²) in [4.78, 5) is 2.31. The second-order valence-electron chi connectivity index (χ2n) is 4.33. The van der Waals surface area contributed by atoms with Gasteiger partial charge >= 0.3 is 0 Å². The van der Waals surface area contributed by atoms with Gasteiger partial charge in [0.15, 0.2) is 0 Å². The van der Waals surface area contributed by atoms with Gasteiger partial charge in [0.05, 0.1) is 13.2 Å². The molecule has 70 valence electrons. The molecule has 1 heterocycles. The monoisotopic (exact) mass is 169 g/mol. The van der Waals surface area contributed by atoms with Gasteiger partial charge in [0.1, 0.15) is 0 Å². The minimum Gasteiger partial charge on any atom is -0.378 e. The van der Waals surface area contributed by atoms with Crippen LogP contribution in [0.1, 0.15) is 20.8 Å². The highest BCUT2D eigenvalue weighted by molar-refractivity contribution is 4.92. The van der Waals surface area contributed by atoms with Crippen molar-refractivity contribution in [3.63, 3.8) is 0 Å². The van der Waals surface area contributed by atoms with Crippen LogP contribution in [0.15, 0.2) is 12.3 Å². The van der Waals surface area contributed by atoms with Gasteiger partial charge in [-0.05, 0) is 11.6 Å². The van der Waals surface area contributed by atoms with E-state index in [-0.39, 0.29) is 5.41 Å². The molecule has 0 aromatic carbocycles. The predicted molar refractivity (Wildman–Crippen MR) is 51.0 cm³/mol. The van der Waals surface area contributed by atoms with Crippen LogP contribution >= 0.6 is 0 Å². The molecular formula is C10H19NO. The molecule has 0 bridgehead atoms. The SMILES string of the molecule is CC(C)(C)C=CN1CCOCC1. The van der Waals surface area contributed by atoms with Crippen LogP contribution in [0.5, 0.6) is 0 Å². The van der Waals surface area contributed by atoms with Crippen LogP contribution in [-0.4, -0.2) is 31.2 Å². The third-order valence-electron chi connectivity index (χ3n) is 1.83. The Balaban J connectivity index is 2.33. The van der Waals surface area contributed by atoms with Crippen LogP contribution in [0.2, 0.25) is 0 Å². The second kappa shape index (κ2) is 3.94. The Morgan fingerprint density at radius 1 is 1.17 bits per heavy atom. The number of rotatable bonds is 1. The molecule has 0 atom stereocenters. The summed E-state index contributed by atoms with van der Waals surface area (Å²) in [5.41, 5.74) is 0.290. The van der Waals surface area contributed by atoms with Crippen molar-refractivity contribution in [1.29, 1.82) is 0 Å². The highest BCUT2D eigenvalue weighted by Crippen LogP contribution is 2.15. The average Bonchev–Trinajstić information content (AvgIpc) is 2.02. The first-order chi connectivity index (χ1) is 5.58. The second-order valence-corrected chi connectivity index (χ2v) is 4.33. The first kappa shape index (κ1) is 9.59. The zero-order chi connectivity index (χ0) is 9.03. The lowest BCUT2D eigenvalue weighted by Gasteiger charge is -2.26. The molecule has 0 radical (unpaired) electrons. The van der Waals surface area contributed by atoms with Gasteiger partial charge in [0, 0.05) is 13.1 Å². The average molecular weight is 169 g/mol. The quantitative estimate of drug-likeness (QED) is 0.594. The topological polar surface area (TPSA) is 12.5 Å². The summed E-state index contributed by atoms with van der Waals surface area (Å²) in [7, 11) is 0. The molecule has 1 aliphatic rings. The molecule has 0 aromatic rings. The Hall–Kier alpha value is -0.500. The van der Waals surface area contributed by atoms with E-state index in [1.807, 2.05) is 0 Å². The molecule has 0 spiro atoms. The Labute approximate surface area is 75.2 Å². The van der Waals surface area contributed by atoms with Crippen molar-refractivity contribution in [2.75, 3.05) is 26.3 Å². The summed E-state index contributed by atoms with van der Waals surface area (Å²) >= 11 is 0. The molecule has 0 unspecified atom stereocenters. The zero-order valence-corrected chi connectivity index (χ0v) is 8.34. The number of nitrogens with zero attached hydrogens (tertiary/aromatic N) is 1. The highest BCUT2D eigenvalue weighted by atomic mass is 16.5. The molecule has 1 aliphatic heterocycles. The Bertz CT molecular complexity index is 152. The summed E-state index contributed by atoms with van der Waals surface area (Å²) in [6, 6.07) is 0. The van der Waals surface area contributed by atoms with Crippen molar-refractivity contribution in [3.05, 3.63) is 12.3 Å². The Morgan fingerprint density at radius 3 is 2.25 bits per heavy atom. The molecule has 0 N–H and O–H groups in total. The number of allylic oxidation sites excluding steroid dienone is 1. The number of morpholine rings is 1. The van der Waals surface area contributed by atoms with E-state index in [9.17, 15) is 0 Å². The van der Waals surface area contributed by atoms with E-state index < -0.39 is 0 Å². The zero-order valence-electron chi connectivity index (χ0n) is 8.34. The Kier molecular flexibility index (Phi) is 3.15. The van der Waals surface area contributed by atoms with Crippen LogP contribution in [0.4, 0.5) is 0 Å². The van der Waals surface area contributed by atoms with Crippen LogP contribution in [0, 0.1) is 5.41 Å². The first-order valence-corrected chi connectivity index (χ1v) is 4.59. The van der Waals surface area contributed by atoms with Gasteiger partial charge in [-0.3, -0.25) is 0 Å². The van der Waals surface area contributed by atoms with Crippen molar-refractivity contribution in [2.45, 2.75) is 20.8 Å². The van der Waals surface area contributed by atoms with Crippen LogP contribution < -0.4 is 0 Å². The van der Waals surface area contributed by atoms with Gasteiger partial charge < -0.3 is 9.64 Å². The van der Waals surface area contributed by atoms with Crippen LogP contribution in [0.3, 0.4) is 0 Å². The smallest absolute Gasteiger partial charge is 0.0642 e. The van der Waals surface area contributed by atoms with Crippen molar-refractivity contribution < 1.29 is 4.74 Å². The van der Waals surface area contributed by atoms with Crippen LogP contribution in [-0.2, 0) is 4.74 Å². The standard InChI is InChI=1S/C10H19NO/c1-10(2,3)4-5-11-6-8-12-9-7-11/h4-5H,6-9H2,1-3H3. The molecule has 0 aromatic heterocycles. The third kappa shape index (κ3) is 3.77. The number of hydrogen-bond acceptors (Lipinski definition) is 2. The largest absolute Gasteiger partial charge is 0.378 e. The lowest BCUT2D eigenvalue weighted by molar-refractivity contribution is 0.0590. The summed E-state index contributed by atoms with van der Waals surface area (Å²) in [5, 5.41) is 0. The van der Waals surface area contributed by atoms with Crippen molar-refractivity contribution in [1.82, 2.24) is 4.90 Å². The van der Waals surface area contributed by atoms with E-state index in [2.05, 4.69) is 37.9 Å². The molecule has 0 amide bonds. The lowest BCUT2D eigenvalue weighted by atomic mass is 9.97. The summed E-state index contributed by atoms with van der Waals surface area (Å²) in [6.45, 7) is 10.4. The van der Waals surface area contributed by atoms with E-state index in [0.717, 1.165) is 26.3 Å². The molecular weight excluding hydrogens is 150 g/mol. The van der Waals surface area contributed by atoms with Gasteiger partial charge in [-0.1, -0.05) is 26.8 Å². The molecule has 0 saturated carbocycles. The summed E-state index contributed by atoms with van der Waals surface area (Å²) < 4.78 is 5.26. The third-order valence-corrected chi connectivity index (χ3v) is 1.83. The lowest BCUT2D eigenvalue weighted by Crippen LogP contribution is -2.32. The fourth-order valence-corrected chi connectivity index (χ4v) is 1.06. The fraction of sp³-hybridized carbons (Fsp3) is 0.800. The van der Waals surface area contributed by atoms with Gasteiger partial charge in [-0.2, -0.15) is 0 Å². The molecule has 1 saturated heterocycles. The van der Waals surface area contributed by atoms with Gasteiger partial charge in [0.2, 0.25) is 0 Å². The van der Waals surface area contributed by atoms with E-state index in [4.69, 9.17) is 4.74 Å².